The van der Waals surface area contributed by atoms with Gasteiger partial charge >= 0.3 is 12.1 Å². The molecular formula is C10H15F3O4. The Morgan fingerprint density at radius 3 is 2.18 bits per heavy atom. The number of ether oxygens (including phenoxy) is 2. The molecule has 1 saturated carbocycles. The maximum Gasteiger partial charge on any atom is 0.411 e. The second-order valence-corrected chi connectivity index (χ2v) is 3.99. The van der Waals surface area contributed by atoms with Gasteiger partial charge in [0.15, 0.2) is 0 Å². The van der Waals surface area contributed by atoms with E-state index in [2.05, 4.69) is 0 Å². The summed E-state index contributed by atoms with van der Waals surface area (Å²) in [6.45, 7) is -1.82. The van der Waals surface area contributed by atoms with Crippen LogP contribution in [0.3, 0.4) is 0 Å². The van der Waals surface area contributed by atoms with Crippen LogP contribution < -0.4 is 0 Å². The summed E-state index contributed by atoms with van der Waals surface area (Å²) in [5.41, 5.74) is 0. The molecule has 2 unspecified atom stereocenters. The van der Waals surface area contributed by atoms with Crippen molar-refractivity contribution in [1.82, 2.24) is 0 Å². The van der Waals surface area contributed by atoms with Crippen LogP contribution in [0, 0.1) is 0 Å². The molecule has 0 heterocycles. The molecule has 1 fully saturated rings. The highest BCUT2D eigenvalue weighted by atomic mass is 19.4. The number of carboxylic acids is 1. The van der Waals surface area contributed by atoms with Gasteiger partial charge in [-0.25, -0.2) is 4.79 Å². The van der Waals surface area contributed by atoms with Crippen LogP contribution in [0.15, 0.2) is 0 Å². The topological polar surface area (TPSA) is 55.8 Å². The van der Waals surface area contributed by atoms with Crippen molar-refractivity contribution in [1.29, 1.82) is 0 Å². The number of carbonyl (C=O) groups is 1. The minimum absolute atomic E-state index is 0.473. The summed E-state index contributed by atoms with van der Waals surface area (Å²) < 4.78 is 45.8. The predicted octanol–water partition coefficient (Wildman–Crippen LogP) is 1.98. The normalized spacial score (nSPS) is 25.8. The molecule has 1 N–H and O–H groups in total. The molecule has 0 aromatic rings. The third-order valence-corrected chi connectivity index (χ3v) is 2.52. The monoisotopic (exact) mass is 256 g/mol. The number of halogens is 3. The van der Waals surface area contributed by atoms with Crippen LogP contribution in [0.4, 0.5) is 13.2 Å². The molecule has 0 aliphatic heterocycles. The fourth-order valence-corrected chi connectivity index (χ4v) is 1.82. The zero-order valence-corrected chi connectivity index (χ0v) is 9.20. The molecule has 100 valence electrons. The number of hydrogen-bond donors (Lipinski definition) is 1. The summed E-state index contributed by atoms with van der Waals surface area (Å²) >= 11 is 0. The van der Waals surface area contributed by atoms with Crippen LogP contribution in [0.2, 0.25) is 0 Å². The molecule has 1 aliphatic carbocycles. The standard InChI is InChI=1S/C10H15F3O4/c11-10(12,13)6-17-8-4-2-1-3-7(8)16-5-9(14)15/h7-8H,1-6H2,(H,14,15). The van der Waals surface area contributed by atoms with Crippen LogP contribution in [-0.2, 0) is 14.3 Å². The number of carboxylic acid groups (broad SMARTS) is 1. The van der Waals surface area contributed by atoms with E-state index in [1.807, 2.05) is 0 Å². The molecule has 17 heavy (non-hydrogen) atoms. The minimum Gasteiger partial charge on any atom is -0.480 e. The summed E-state index contributed by atoms with van der Waals surface area (Å²) in [6, 6.07) is 0. The summed E-state index contributed by atoms with van der Waals surface area (Å²) in [6.07, 6.45) is -2.98. The van der Waals surface area contributed by atoms with Crippen molar-refractivity contribution in [3.8, 4) is 0 Å². The molecule has 4 nitrogen and oxygen atoms in total. The maximum absolute atomic E-state index is 12.0. The summed E-state index contributed by atoms with van der Waals surface area (Å²) in [7, 11) is 0. The van der Waals surface area contributed by atoms with E-state index in [-0.39, 0.29) is 0 Å². The van der Waals surface area contributed by atoms with Gasteiger partial charge in [-0.15, -0.1) is 0 Å². The van der Waals surface area contributed by atoms with Crippen LogP contribution in [0.1, 0.15) is 25.7 Å². The smallest absolute Gasteiger partial charge is 0.411 e. The van der Waals surface area contributed by atoms with Crippen molar-refractivity contribution in [2.24, 2.45) is 0 Å². The molecule has 0 bridgehead atoms. The van der Waals surface area contributed by atoms with E-state index >= 15 is 0 Å². The molecule has 2 atom stereocenters. The van der Waals surface area contributed by atoms with E-state index < -0.39 is 37.6 Å². The average Bonchev–Trinajstić information content (AvgIpc) is 2.23. The molecule has 0 saturated heterocycles. The third-order valence-electron chi connectivity index (χ3n) is 2.52. The van der Waals surface area contributed by atoms with E-state index in [4.69, 9.17) is 14.6 Å². The van der Waals surface area contributed by atoms with E-state index in [9.17, 15) is 18.0 Å². The minimum atomic E-state index is -4.37. The molecule has 0 aromatic heterocycles. The molecular weight excluding hydrogens is 241 g/mol. The highest BCUT2D eigenvalue weighted by molar-refractivity contribution is 5.68. The van der Waals surface area contributed by atoms with Gasteiger partial charge in [0.05, 0.1) is 12.2 Å². The van der Waals surface area contributed by atoms with Crippen molar-refractivity contribution < 1.29 is 32.5 Å². The molecule has 1 rings (SSSR count). The zero-order valence-electron chi connectivity index (χ0n) is 9.20. The molecule has 7 heteroatoms. The lowest BCUT2D eigenvalue weighted by Gasteiger charge is -2.31. The first kappa shape index (κ1) is 14.2. The Hall–Kier alpha value is -0.820. The lowest BCUT2D eigenvalue weighted by molar-refractivity contribution is -0.204. The van der Waals surface area contributed by atoms with Crippen LogP contribution >= 0.6 is 0 Å². The Morgan fingerprint density at radius 1 is 1.18 bits per heavy atom. The van der Waals surface area contributed by atoms with Gasteiger partial charge in [0.1, 0.15) is 13.2 Å². The van der Waals surface area contributed by atoms with Gasteiger partial charge in [-0.1, -0.05) is 12.8 Å². The summed E-state index contributed by atoms with van der Waals surface area (Å²) in [5.74, 6) is -1.13. The number of hydrogen-bond acceptors (Lipinski definition) is 3. The van der Waals surface area contributed by atoms with Gasteiger partial charge < -0.3 is 14.6 Å². The van der Waals surface area contributed by atoms with E-state index in [1.165, 1.54) is 0 Å². The van der Waals surface area contributed by atoms with Gasteiger partial charge in [-0.2, -0.15) is 13.2 Å². The van der Waals surface area contributed by atoms with Gasteiger partial charge in [-0.3, -0.25) is 0 Å². The maximum atomic E-state index is 12.0. The van der Waals surface area contributed by atoms with Crippen molar-refractivity contribution >= 4 is 5.97 Å². The molecule has 1 aliphatic rings. The largest absolute Gasteiger partial charge is 0.480 e. The predicted molar refractivity (Wildman–Crippen MR) is 51.6 cm³/mol. The average molecular weight is 256 g/mol. The first-order valence-corrected chi connectivity index (χ1v) is 5.40. The summed E-state index contributed by atoms with van der Waals surface area (Å²) in [4.78, 5) is 10.3. The van der Waals surface area contributed by atoms with Gasteiger partial charge in [0, 0.05) is 0 Å². The van der Waals surface area contributed by atoms with Crippen molar-refractivity contribution in [3.63, 3.8) is 0 Å². The van der Waals surface area contributed by atoms with Crippen LogP contribution in [0.5, 0.6) is 0 Å². The zero-order chi connectivity index (χ0) is 12.9. The van der Waals surface area contributed by atoms with Gasteiger partial charge in [0.25, 0.3) is 0 Å². The molecule has 0 amide bonds. The number of rotatable bonds is 5. The Labute approximate surface area is 96.7 Å². The SMILES string of the molecule is O=C(O)COC1CCCCC1OCC(F)(F)F. The van der Waals surface area contributed by atoms with Crippen molar-refractivity contribution in [2.75, 3.05) is 13.2 Å². The second-order valence-electron chi connectivity index (χ2n) is 3.99. The van der Waals surface area contributed by atoms with Crippen LogP contribution in [-0.4, -0.2) is 42.7 Å². The fraction of sp³-hybridized carbons (Fsp3) is 0.900. The third kappa shape index (κ3) is 5.88. The molecule has 0 spiro atoms. The highest BCUT2D eigenvalue weighted by Crippen LogP contribution is 2.26. The van der Waals surface area contributed by atoms with E-state index in [0.717, 1.165) is 12.8 Å². The lowest BCUT2D eigenvalue weighted by atomic mass is 9.94. The molecule has 0 radical (unpaired) electrons. The highest BCUT2D eigenvalue weighted by Gasteiger charge is 2.33. The Balaban J connectivity index is 2.39. The van der Waals surface area contributed by atoms with Crippen LogP contribution in [0.25, 0.3) is 0 Å². The van der Waals surface area contributed by atoms with Crippen molar-refractivity contribution in [2.45, 2.75) is 44.1 Å². The summed E-state index contributed by atoms with van der Waals surface area (Å²) in [5, 5.41) is 8.44. The number of aliphatic carboxylic acids is 1. The van der Waals surface area contributed by atoms with Gasteiger partial charge in [-0.05, 0) is 12.8 Å². The quantitative estimate of drug-likeness (QED) is 0.817. The first-order valence-electron chi connectivity index (χ1n) is 5.40. The second kappa shape index (κ2) is 6.20. The molecule has 0 aromatic carbocycles. The van der Waals surface area contributed by atoms with Gasteiger partial charge in [0.2, 0.25) is 0 Å². The van der Waals surface area contributed by atoms with Crippen molar-refractivity contribution in [3.05, 3.63) is 0 Å². The Kier molecular flexibility index (Phi) is 5.20. The Morgan fingerprint density at radius 2 is 1.71 bits per heavy atom. The fourth-order valence-electron chi connectivity index (χ4n) is 1.82. The van der Waals surface area contributed by atoms with E-state index in [1.54, 1.807) is 0 Å². The van der Waals surface area contributed by atoms with E-state index in [0.29, 0.717) is 12.8 Å². The lowest BCUT2D eigenvalue weighted by Crippen LogP contribution is -2.38. The first-order chi connectivity index (χ1) is 7.88. The Bertz CT molecular complexity index is 254. The number of alkyl halides is 3.